The highest BCUT2D eigenvalue weighted by Crippen LogP contribution is 2.27. The quantitative estimate of drug-likeness (QED) is 0.290. The van der Waals surface area contributed by atoms with Crippen molar-refractivity contribution in [3.63, 3.8) is 0 Å². The van der Waals surface area contributed by atoms with Gasteiger partial charge >= 0.3 is 11.9 Å². The molecular formula is C21H21N3O9. The van der Waals surface area contributed by atoms with Crippen LogP contribution in [0.2, 0.25) is 0 Å². The molecule has 0 spiro atoms. The van der Waals surface area contributed by atoms with Crippen molar-refractivity contribution in [3.8, 4) is 0 Å². The first kappa shape index (κ1) is 24.9. The number of hydrogen-bond donors (Lipinski definition) is 2. The van der Waals surface area contributed by atoms with E-state index in [0.29, 0.717) is 5.56 Å². The number of carbonyl (C=O) groups excluding carboxylic acids is 2. The predicted octanol–water partition coefficient (Wildman–Crippen LogP) is 2.35. The van der Waals surface area contributed by atoms with Gasteiger partial charge in [-0.05, 0) is 18.1 Å². The van der Waals surface area contributed by atoms with Crippen LogP contribution in [0.5, 0.6) is 0 Å². The number of carboxylic acid groups (broad SMARTS) is 1. The Morgan fingerprint density at radius 2 is 1.67 bits per heavy atom. The Balaban J connectivity index is 2.30. The van der Waals surface area contributed by atoms with Crippen molar-refractivity contribution >= 4 is 29.2 Å². The van der Waals surface area contributed by atoms with Gasteiger partial charge in [0, 0.05) is 30.2 Å². The number of amides is 1. The molecule has 12 heteroatoms. The summed E-state index contributed by atoms with van der Waals surface area (Å²) in [5.74, 6) is -3.97. The van der Waals surface area contributed by atoms with Crippen molar-refractivity contribution < 1.29 is 34.1 Å². The van der Waals surface area contributed by atoms with E-state index >= 15 is 0 Å². The van der Waals surface area contributed by atoms with E-state index in [2.05, 4.69) is 5.32 Å². The lowest BCUT2D eigenvalue weighted by Crippen LogP contribution is -2.46. The second-order valence-corrected chi connectivity index (χ2v) is 6.95. The average molecular weight is 459 g/mol. The maximum Gasteiger partial charge on any atom is 0.326 e. The lowest BCUT2D eigenvalue weighted by atomic mass is 9.88. The first-order valence-corrected chi connectivity index (χ1v) is 9.77. The number of hydrogen-bond acceptors (Lipinski definition) is 8. The van der Waals surface area contributed by atoms with Crippen molar-refractivity contribution in [2.75, 3.05) is 6.61 Å². The van der Waals surface area contributed by atoms with Gasteiger partial charge in [-0.2, -0.15) is 0 Å². The lowest BCUT2D eigenvalue weighted by molar-refractivity contribution is -0.385. The summed E-state index contributed by atoms with van der Waals surface area (Å²) < 4.78 is 4.91. The number of carbonyl (C=O) groups is 3. The molecule has 0 heterocycles. The summed E-state index contributed by atoms with van der Waals surface area (Å²) in [7, 11) is 0. The summed E-state index contributed by atoms with van der Waals surface area (Å²) in [6.45, 7) is 1.64. The molecule has 0 saturated carbocycles. The molecule has 2 aromatic rings. The highest BCUT2D eigenvalue weighted by Gasteiger charge is 2.33. The number of nitro benzene ring substituents is 2. The monoisotopic (exact) mass is 459 g/mol. The minimum absolute atomic E-state index is 0.0582. The molecule has 0 bridgehead atoms. The summed E-state index contributed by atoms with van der Waals surface area (Å²) in [5.41, 5.74) is 0.121. The number of carboxylic acids is 1. The van der Waals surface area contributed by atoms with E-state index in [1.54, 1.807) is 6.92 Å². The summed E-state index contributed by atoms with van der Waals surface area (Å²) in [6.07, 6.45) is -0.739. The van der Waals surface area contributed by atoms with Crippen LogP contribution in [0.4, 0.5) is 11.4 Å². The summed E-state index contributed by atoms with van der Waals surface area (Å²) in [4.78, 5) is 57.2. The second-order valence-electron chi connectivity index (χ2n) is 6.95. The van der Waals surface area contributed by atoms with Crippen LogP contribution in [0.15, 0.2) is 48.5 Å². The number of nitro groups is 2. The number of nitrogens with one attached hydrogen (secondary N) is 1. The maximum atomic E-state index is 12.5. The van der Waals surface area contributed by atoms with Crippen molar-refractivity contribution in [3.05, 3.63) is 79.9 Å². The van der Waals surface area contributed by atoms with Crippen molar-refractivity contribution in [1.82, 2.24) is 5.32 Å². The smallest absolute Gasteiger partial charge is 0.326 e. The van der Waals surface area contributed by atoms with E-state index in [4.69, 9.17) is 4.74 Å². The molecule has 2 atom stereocenters. The number of aliphatic carboxylic acids is 1. The third-order valence-electron chi connectivity index (χ3n) is 4.69. The Bertz CT molecular complexity index is 1050. The zero-order valence-electron chi connectivity index (χ0n) is 17.5. The number of esters is 1. The SMILES string of the molecule is CCOC(=O)C[C@@H](c1ccc([N+](=O)[O-])cc1)[C@@H](NC(=O)Cc1cccc([N+](=O)[O-])c1)C(=O)O. The molecule has 2 rings (SSSR count). The Morgan fingerprint density at radius 3 is 2.21 bits per heavy atom. The molecule has 0 fully saturated rings. The van der Waals surface area contributed by atoms with E-state index in [9.17, 15) is 39.7 Å². The Hall–Kier alpha value is -4.35. The first-order valence-electron chi connectivity index (χ1n) is 9.77. The summed E-state index contributed by atoms with van der Waals surface area (Å²) in [5, 5.41) is 33.9. The Labute approximate surface area is 187 Å². The van der Waals surface area contributed by atoms with Crippen molar-refractivity contribution in [2.45, 2.75) is 31.7 Å². The Morgan fingerprint density at radius 1 is 1.03 bits per heavy atom. The molecule has 33 heavy (non-hydrogen) atoms. The normalized spacial score (nSPS) is 12.3. The minimum atomic E-state index is -1.57. The average Bonchev–Trinajstić information content (AvgIpc) is 2.76. The fourth-order valence-corrected chi connectivity index (χ4v) is 3.20. The topological polar surface area (TPSA) is 179 Å². The molecule has 0 aliphatic carbocycles. The van der Waals surface area contributed by atoms with Gasteiger partial charge in [0.2, 0.25) is 5.91 Å². The van der Waals surface area contributed by atoms with Crippen LogP contribution in [-0.2, 0) is 25.5 Å². The fourth-order valence-electron chi connectivity index (χ4n) is 3.20. The van der Waals surface area contributed by atoms with Crippen LogP contribution >= 0.6 is 0 Å². The fraction of sp³-hybridized carbons (Fsp3) is 0.286. The molecule has 0 saturated heterocycles. The first-order chi connectivity index (χ1) is 15.6. The standard InChI is InChI=1S/C21H21N3O9/c1-2-33-19(26)12-17(14-6-8-15(9-7-14)23(29)30)20(21(27)28)22-18(25)11-13-4-3-5-16(10-13)24(31)32/h3-10,17,20H,2,11-12H2,1H3,(H,22,25)(H,27,28)/t17-,20+/m0/s1. The molecule has 2 N–H and O–H groups in total. The molecule has 0 unspecified atom stereocenters. The van der Waals surface area contributed by atoms with Crippen molar-refractivity contribution in [2.24, 2.45) is 0 Å². The second kappa shape index (κ2) is 11.3. The number of non-ortho nitro benzene ring substituents is 2. The van der Waals surface area contributed by atoms with Crippen LogP contribution in [0.3, 0.4) is 0 Å². The van der Waals surface area contributed by atoms with Gasteiger partial charge in [-0.25, -0.2) is 4.79 Å². The molecular weight excluding hydrogens is 438 g/mol. The van der Waals surface area contributed by atoms with E-state index < -0.39 is 46.1 Å². The van der Waals surface area contributed by atoms with E-state index in [1.165, 1.54) is 36.4 Å². The number of nitrogens with zero attached hydrogens (tertiary/aromatic N) is 2. The van der Waals surface area contributed by atoms with Gasteiger partial charge in [0.25, 0.3) is 11.4 Å². The number of rotatable bonds is 11. The molecule has 12 nitrogen and oxygen atoms in total. The third kappa shape index (κ3) is 7.09. The lowest BCUT2D eigenvalue weighted by Gasteiger charge is -2.25. The van der Waals surface area contributed by atoms with Gasteiger partial charge in [-0.3, -0.25) is 29.8 Å². The van der Waals surface area contributed by atoms with E-state index in [-0.39, 0.29) is 30.0 Å². The van der Waals surface area contributed by atoms with Gasteiger partial charge in [-0.15, -0.1) is 0 Å². The van der Waals surface area contributed by atoms with Crippen LogP contribution in [0.25, 0.3) is 0 Å². The van der Waals surface area contributed by atoms with Crippen LogP contribution in [-0.4, -0.2) is 45.4 Å². The van der Waals surface area contributed by atoms with Gasteiger partial charge in [0.05, 0.1) is 29.3 Å². The zero-order valence-corrected chi connectivity index (χ0v) is 17.5. The van der Waals surface area contributed by atoms with Crippen molar-refractivity contribution in [1.29, 1.82) is 0 Å². The predicted molar refractivity (Wildman–Crippen MR) is 113 cm³/mol. The molecule has 174 valence electrons. The summed E-state index contributed by atoms with van der Waals surface area (Å²) >= 11 is 0. The van der Waals surface area contributed by atoms with Crippen LogP contribution < -0.4 is 5.32 Å². The van der Waals surface area contributed by atoms with E-state index in [0.717, 1.165) is 12.1 Å². The maximum absolute atomic E-state index is 12.5. The molecule has 1 amide bonds. The van der Waals surface area contributed by atoms with Gasteiger partial charge < -0.3 is 15.2 Å². The van der Waals surface area contributed by atoms with Crippen LogP contribution in [0.1, 0.15) is 30.4 Å². The number of benzene rings is 2. The van der Waals surface area contributed by atoms with Gasteiger partial charge in [0.1, 0.15) is 6.04 Å². The molecule has 0 aromatic heterocycles. The largest absolute Gasteiger partial charge is 0.480 e. The highest BCUT2D eigenvalue weighted by molar-refractivity contribution is 5.86. The zero-order chi connectivity index (χ0) is 24.5. The number of ether oxygens (including phenoxy) is 1. The molecule has 0 aliphatic rings. The molecule has 0 radical (unpaired) electrons. The van der Waals surface area contributed by atoms with Crippen LogP contribution in [0, 0.1) is 20.2 Å². The minimum Gasteiger partial charge on any atom is -0.480 e. The third-order valence-corrected chi connectivity index (χ3v) is 4.69. The van der Waals surface area contributed by atoms with E-state index in [1.807, 2.05) is 0 Å². The van der Waals surface area contributed by atoms with Gasteiger partial charge in [0.15, 0.2) is 0 Å². The summed E-state index contributed by atoms with van der Waals surface area (Å²) in [6, 6.07) is 8.71. The molecule has 2 aromatic carbocycles. The molecule has 0 aliphatic heterocycles. The highest BCUT2D eigenvalue weighted by atomic mass is 16.6. The van der Waals surface area contributed by atoms with Gasteiger partial charge in [-0.1, -0.05) is 24.3 Å². The Kier molecular flexibility index (Phi) is 8.55.